The molecule has 55 heavy (non-hydrogen) atoms. The van der Waals surface area contributed by atoms with Gasteiger partial charge in [-0.2, -0.15) is 20.8 Å². The summed E-state index contributed by atoms with van der Waals surface area (Å²) in [6, 6.07) is 8.11. The molecule has 1 aliphatic rings. The predicted molar refractivity (Wildman–Crippen MR) is 208 cm³/mol. The molecule has 0 aromatic heterocycles. The van der Waals surface area contributed by atoms with Crippen LogP contribution >= 0.6 is 11.8 Å². The fourth-order valence-corrected chi connectivity index (χ4v) is 7.66. The van der Waals surface area contributed by atoms with Gasteiger partial charge in [-0.05, 0) is 31.1 Å². The standard InChI is InChI=1S/C37H63N7O10S/c1-30-26-34(35(51-3)27-33(30)40-41-37-32(28-38)31(2)36(29-39)55-37)42(4-20-52-22-12-43(6-14-45,7-15-46)8-16-47)5-21-53-24-25-54-23-13-44(9-17-48,10-18-49)11-19-50/h26-27,32,37,45-50H,4-25H2,1-3H3/q+2. The normalized spacial score (nSPS) is 16.2. The quantitative estimate of drug-likeness (QED) is 0.0342. The van der Waals surface area contributed by atoms with Crippen molar-refractivity contribution in [1.29, 1.82) is 10.5 Å². The molecule has 0 radical (unpaired) electrons. The van der Waals surface area contributed by atoms with E-state index in [2.05, 4.69) is 27.3 Å². The number of aliphatic hydroxyl groups is 6. The molecule has 0 spiro atoms. The fourth-order valence-electron chi connectivity index (χ4n) is 6.56. The smallest absolute Gasteiger partial charge is 0.144 e. The maximum Gasteiger partial charge on any atom is 0.144 e. The van der Waals surface area contributed by atoms with Crippen LogP contribution in [0.25, 0.3) is 0 Å². The van der Waals surface area contributed by atoms with E-state index in [0.29, 0.717) is 136 Å². The van der Waals surface area contributed by atoms with Crippen molar-refractivity contribution in [2.75, 3.05) is 157 Å². The first-order chi connectivity index (χ1) is 26.7. The SMILES string of the molecule is COc1cc(N=NC2SC(C#N)=C(C)C2C#N)c(C)cc1N(CCOCCOCC[N+](CCO)(CCO)CCO)CCOCC[N+](CCO)(CCO)CCO. The van der Waals surface area contributed by atoms with Crippen molar-refractivity contribution in [3.05, 3.63) is 28.2 Å². The third-order valence-electron chi connectivity index (χ3n) is 9.96. The van der Waals surface area contributed by atoms with Gasteiger partial charge in [0.15, 0.2) is 0 Å². The molecule has 2 atom stereocenters. The lowest BCUT2D eigenvalue weighted by Gasteiger charge is -2.37. The Morgan fingerprint density at radius 2 is 1.18 bits per heavy atom. The van der Waals surface area contributed by atoms with Crippen LogP contribution in [0.15, 0.2) is 32.8 Å². The van der Waals surface area contributed by atoms with E-state index in [-0.39, 0.29) is 39.6 Å². The van der Waals surface area contributed by atoms with E-state index < -0.39 is 11.3 Å². The van der Waals surface area contributed by atoms with Gasteiger partial charge < -0.3 is 63.5 Å². The number of benzene rings is 1. The molecule has 1 aromatic carbocycles. The van der Waals surface area contributed by atoms with Crippen LogP contribution in [0.4, 0.5) is 11.4 Å². The summed E-state index contributed by atoms with van der Waals surface area (Å²) in [5.41, 5.74) is 2.87. The number of methoxy groups -OCH3 is 1. The van der Waals surface area contributed by atoms with Gasteiger partial charge in [-0.25, -0.2) is 0 Å². The molecule has 2 rings (SSSR count). The van der Waals surface area contributed by atoms with Crippen LogP contribution in [0.2, 0.25) is 0 Å². The predicted octanol–water partition coefficient (Wildman–Crippen LogP) is 0.541. The molecule has 0 bridgehead atoms. The van der Waals surface area contributed by atoms with Gasteiger partial charge in [0.2, 0.25) is 0 Å². The number of nitriles is 2. The Bertz CT molecular complexity index is 1370. The first kappa shape index (κ1) is 48.2. The maximum atomic E-state index is 9.68. The van der Waals surface area contributed by atoms with E-state index in [1.165, 1.54) is 11.8 Å². The fraction of sp³-hybridized carbons (Fsp3) is 0.730. The number of thioether (sulfide) groups is 1. The molecule has 6 N–H and O–H groups in total. The molecule has 1 aliphatic heterocycles. The number of aryl methyl sites for hydroxylation is 1. The highest BCUT2D eigenvalue weighted by atomic mass is 32.2. The zero-order valence-electron chi connectivity index (χ0n) is 32.7. The highest BCUT2D eigenvalue weighted by Crippen LogP contribution is 2.43. The number of hydrogen-bond acceptors (Lipinski definition) is 16. The molecule has 0 amide bonds. The van der Waals surface area contributed by atoms with Gasteiger partial charge in [0.1, 0.15) is 75.5 Å². The second-order valence-electron chi connectivity index (χ2n) is 13.4. The minimum atomic E-state index is -0.540. The second kappa shape index (κ2) is 26.8. The Balaban J connectivity index is 2.14. The number of hydrogen-bond donors (Lipinski definition) is 6. The van der Waals surface area contributed by atoms with Crippen molar-refractivity contribution < 1.29 is 58.6 Å². The molecule has 18 heteroatoms. The van der Waals surface area contributed by atoms with Crippen molar-refractivity contribution in [3.8, 4) is 17.9 Å². The van der Waals surface area contributed by atoms with Crippen LogP contribution in [0, 0.1) is 35.5 Å². The minimum absolute atomic E-state index is 0.0527. The molecule has 310 valence electrons. The summed E-state index contributed by atoms with van der Waals surface area (Å²) in [5.74, 6) is 0.00716. The molecular weight excluding hydrogens is 735 g/mol. The zero-order chi connectivity index (χ0) is 40.5. The minimum Gasteiger partial charge on any atom is -0.495 e. The zero-order valence-corrected chi connectivity index (χ0v) is 33.5. The van der Waals surface area contributed by atoms with Crippen LogP contribution in [0.5, 0.6) is 5.75 Å². The molecule has 17 nitrogen and oxygen atoms in total. The Morgan fingerprint density at radius 1 is 0.709 bits per heavy atom. The number of azo groups is 1. The lowest BCUT2D eigenvalue weighted by Crippen LogP contribution is -2.55. The first-order valence-corrected chi connectivity index (χ1v) is 19.6. The van der Waals surface area contributed by atoms with Crippen molar-refractivity contribution in [2.45, 2.75) is 19.2 Å². The monoisotopic (exact) mass is 797 g/mol. The van der Waals surface area contributed by atoms with Gasteiger partial charge in [0.25, 0.3) is 0 Å². The van der Waals surface area contributed by atoms with Gasteiger partial charge in [-0.3, -0.25) is 0 Å². The summed E-state index contributed by atoms with van der Waals surface area (Å²) in [5, 5.41) is 84.9. The number of allylic oxidation sites excluding steroid dienone is 1. The van der Waals surface area contributed by atoms with Gasteiger partial charge >= 0.3 is 0 Å². The van der Waals surface area contributed by atoms with Gasteiger partial charge in [0, 0.05) is 19.2 Å². The van der Waals surface area contributed by atoms with Crippen LogP contribution < -0.4 is 9.64 Å². The number of quaternary nitrogens is 2. The average Bonchev–Trinajstić information content (AvgIpc) is 3.48. The molecule has 2 unspecified atom stereocenters. The van der Waals surface area contributed by atoms with E-state index in [1.54, 1.807) is 20.1 Å². The molecular formula is C37H63N7O10S+2. The third-order valence-corrected chi connectivity index (χ3v) is 11.2. The third kappa shape index (κ3) is 15.5. The Hall–Kier alpha value is -2.95. The Kier molecular flexibility index (Phi) is 23.5. The summed E-state index contributed by atoms with van der Waals surface area (Å²) in [7, 11) is 1.57. The van der Waals surface area contributed by atoms with Gasteiger partial charge in [-0.1, -0.05) is 11.8 Å². The highest BCUT2D eigenvalue weighted by molar-refractivity contribution is 8.04. The van der Waals surface area contributed by atoms with Crippen molar-refractivity contribution in [3.63, 3.8) is 0 Å². The molecule has 0 saturated carbocycles. The summed E-state index contributed by atoms with van der Waals surface area (Å²) in [6.45, 7) is 9.91. The molecule has 0 saturated heterocycles. The molecule has 1 aromatic rings. The topological polar surface area (TPSA) is 234 Å². The number of nitrogens with zero attached hydrogens (tertiary/aromatic N) is 7. The summed E-state index contributed by atoms with van der Waals surface area (Å²) in [4.78, 5) is 2.57. The van der Waals surface area contributed by atoms with E-state index in [0.717, 1.165) is 11.3 Å². The lowest BCUT2D eigenvalue weighted by molar-refractivity contribution is -0.929. The van der Waals surface area contributed by atoms with Crippen LogP contribution in [0.1, 0.15) is 12.5 Å². The number of aliphatic hydroxyl groups excluding tert-OH is 6. The maximum absolute atomic E-state index is 9.68. The first-order valence-electron chi connectivity index (χ1n) is 18.8. The summed E-state index contributed by atoms with van der Waals surface area (Å²) >= 11 is 1.23. The average molecular weight is 798 g/mol. The lowest BCUT2D eigenvalue weighted by atomic mass is 10.0. The van der Waals surface area contributed by atoms with E-state index in [9.17, 15) is 41.2 Å². The van der Waals surface area contributed by atoms with Gasteiger partial charge in [0.05, 0.1) is 109 Å². The number of anilines is 1. The van der Waals surface area contributed by atoms with E-state index in [4.69, 9.17) is 18.9 Å². The van der Waals surface area contributed by atoms with Crippen LogP contribution in [0.3, 0.4) is 0 Å². The summed E-state index contributed by atoms with van der Waals surface area (Å²) < 4.78 is 24.3. The summed E-state index contributed by atoms with van der Waals surface area (Å²) in [6.07, 6.45) is 0. The molecule has 0 fully saturated rings. The molecule has 1 heterocycles. The van der Waals surface area contributed by atoms with Crippen molar-refractivity contribution in [2.24, 2.45) is 16.1 Å². The number of ether oxygens (including phenoxy) is 4. The molecule has 0 aliphatic carbocycles. The van der Waals surface area contributed by atoms with Crippen molar-refractivity contribution in [1.82, 2.24) is 0 Å². The largest absolute Gasteiger partial charge is 0.495 e. The van der Waals surface area contributed by atoms with Crippen molar-refractivity contribution >= 4 is 23.1 Å². The Labute approximate surface area is 329 Å². The highest BCUT2D eigenvalue weighted by Gasteiger charge is 2.34. The Morgan fingerprint density at radius 3 is 1.62 bits per heavy atom. The van der Waals surface area contributed by atoms with E-state index >= 15 is 0 Å². The van der Waals surface area contributed by atoms with Crippen LogP contribution in [-0.2, 0) is 14.2 Å². The number of rotatable bonds is 31. The second-order valence-corrected chi connectivity index (χ2v) is 14.5. The van der Waals surface area contributed by atoms with Crippen LogP contribution in [-0.4, -0.2) is 197 Å². The van der Waals surface area contributed by atoms with E-state index in [1.807, 2.05) is 13.0 Å². The van der Waals surface area contributed by atoms with Gasteiger partial charge in [-0.15, -0.1) is 0 Å².